The van der Waals surface area contributed by atoms with Crippen LogP contribution in [0, 0.1) is 6.92 Å². The van der Waals surface area contributed by atoms with Crippen molar-refractivity contribution in [3.8, 4) is 10.6 Å². The number of fused-ring (bicyclic) bond motifs is 3. The number of carbonyl (C=O) groups is 1. The van der Waals surface area contributed by atoms with E-state index in [0.29, 0.717) is 6.04 Å². The molecule has 2 aromatic carbocycles. The maximum Gasteiger partial charge on any atom is 0.253 e. The fraction of sp³-hybridized carbons (Fsp3) is 0.304. The minimum absolute atomic E-state index is 0.123. The number of amides is 1. The van der Waals surface area contributed by atoms with Gasteiger partial charge in [0, 0.05) is 48.4 Å². The van der Waals surface area contributed by atoms with Crippen molar-refractivity contribution in [3.63, 3.8) is 0 Å². The highest BCUT2D eigenvalue weighted by Gasteiger charge is 2.34. The molecule has 1 amide bonds. The molecule has 0 radical (unpaired) electrons. The highest BCUT2D eigenvalue weighted by Crippen LogP contribution is 2.33. The number of piperazine rings is 1. The molecule has 2 aliphatic heterocycles. The molecule has 1 saturated heterocycles. The normalized spacial score (nSPS) is 19.2. The molecular weight excluding hydrogens is 366 g/mol. The third kappa shape index (κ3) is 3.15. The number of nitrogens with zero attached hydrogens (tertiary/aromatic N) is 3. The minimum Gasteiger partial charge on any atom is -0.335 e. The number of aromatic nitrogens is 1. The summed E-state index contributed by atoms with van der Waals surface area (Å²) in [5.74, 6) is 0.123. The van der Waals surface area contributed by atoms with Crippen molar-refractivity contribution in [2.75, 3.05) is 26.2 Å². The maximum atomic E-state index is 13.3. The van der Waals surface area contributed by atoms with Crippen molar-refractivity contribution in [1.29, 1.82) is 0 Å². The van der Waals surface area contributed by atoms with Crippen LogP contribution in [0.3, 0.4) is 0 Å². The zero-order chi connectivity index (χ0) is 19.1. The molecule has 0 aliphatic carbocycles. The van der Waals surface area contributed by atoms with Gasteiger partial charge in [-0.1, -0.05) is 36.4 Å². The molecule has 1 fully saturated rings. The summed E-state index contributed by atoms with van der Waals surface area (Å²) >= 11 is 1.62. The number of hydrogen-bond donors (Lipinski definition) is 0. The molecule has 3 heterocycles. The quantitative estimate of drug-likeness (QED) is 0.660. The number of rotatable bonds is 2. The third-order valence-electron chi connectivity index (χ3n) is 5.84. The lowest BCUT2D eigenvalue weighted by Gasteiger charge is -2.45. The van der Waals surface area contributed by atoms with Crippen molar-refractivity contribution < 1.29 is 4.79 Å². The van der Waals surface area contributed by atoms with Gasteiger partial charge in [0.05, 0.1) is 6.04 Å². The Labute approximate surface area is 169 Å². The summed E-state index contributed by atoms with van der Waals surface area (Å²) in [6.45, 7) is 5.57. The number of thiazole rings is 1. The Kier molecular flexibility index (Phi) is 4.49. The third-order valence-corrected chi connectivity index (χ3v) is 6.85. The molecule has 142 valence electrons. The van der Waals surface area contributed by atoms with E-state index in [2.05, 4.69) is 34.1 Å². The second-order valence-electron chi connectivity index (χ2n) is 7.63. The number of aryl methyl sites for hydroxylation is 1. The van der Waals surface area contributed by atoms with Crippen LogP contribution in [0.5, 0.6) is 0 Å². The van der Waals surface area contributed by atoms with Gasteiger partial charge in [0.25, 0.3) is 5.91 Å². The summed E-state index contributed by atoms with van der Waals surface area (Å²) in [6.07, 6.45) is 1.11. The van der Waals surface area contributed by atoms with Gasteiger partial charge in [-0.15, -0.1) is 11.3 Å². The number of benzene rings is 2. The SMILES string of the molecule is Cc1csc(-c2cccc(C(=O)N3CCN4CCc5ccccc5C4C3)c2)n1. The van der Waals surface area contributed by atoms with Gasteiger partial charge in [-0.05, 0) is 36.6 Å². The lowest BCUT2D eigenvalue weighted by Crippen LogP contribution is -2.52. The first-order valence-electron chi connectivity index (χ1n) is 9.83. The standard InChI is InChI=1S/C23H23N3OS/c1-16-15-28-22(24-16)18-6-4-7-19(13-18)23(27)26-12-11-25-10-9-17-5-2-3-8-20(17)21(25)14-26/h2-8,13,15,21H,9-12,14H2,1H3. The van der Waals surface area contributed by atoms with Gasteiger partial charge in [-0.25, -0.2) is 4.98 Å². The van der Waals surface area contributed by atoms with Crippen molar-refractivity contribution >= 4 is 17.2 Å². The van der Waals surface area contributed by atoms with E-state index in [1.54, 1.807) is 11.3 Å². The number of hydrogen-bond acceptors (Lipinski definition) is 4. The molecule has 4 nitrogen and oxygen atoms in total. The van der Waals surface area contributed by atoms with Crippen molar-refractivity contribution in [3.05, 3.63) is 76.3 Å². The smallest absolute Gasteiger partial charge is 0.253 e. The van der Waals surface area contributed by atoms with E-state index in [4.69, 9.17) is 0 Å². The van der Waals surface area contributed by atoms with Gasteiger partial charge < -0.3 is 4.90 Å². The molecule has 0 bridgehead atoms. The van der Waals surface area contributed by atoms with E-state index in [0.717, 1.165) is 54.4 Å². The molecule has 5 rings (SSSR count). The van der Waals surface area contributed by atoms with Crippen molar-refractivity contribution in [1.82, 2.24) is 14.8 Å². The maximum absolute atomic E-state index is 13.3. The predicted octanol–water partition coefficient (Wildman–Crippen LogP) is 4.17. The van der Waals surface area contributed by atoms with Gasteiger partial charge in [0.2, 0.25) is 0 Å². The van der Waals surface area contributed by atoms with Gasteiger partial charge in [0.1, 0.15) is 5.01 Å². The Balaban J connectivity index is 1.40. The fourth-order valence-corrected chi connectivity index (χ4v) is 5.17. The van der Waals surface area contributed by atoms with Crippen molar-refractivity contribution in [2.45, 2.75) is 19.4 Å². The highest BCUT2D eigenvalue weighted by atomic mass is 32.1. The lowest BCUT2D eigenvalue weighted by molar-refractivity contribution is 0.0454. The molecule has 0 N–H and O–H groups in total. The first-order chi connectivity index (χ1) is 13.7. The van der Waals surface area contributed by atoms with Crippen LogP contribution in [0.25, 0.3) is 10.6 Å². The van der Waals surface area contributed by atoms with Gasteiger partial charge in [-0.3, -0.25) is 9.69 Å². The monoisotopic (exact) mass is 389 g/mol. The fourth-order valence-electron chi connectivity index (χ4n) is 4.37. The Morgan fingerprint density at radius 3 is 2.86 bits per heavy atom. The molecule has 1 unspecified atom stereocenters. The molecular formula is C23H23N3OS. The van der Waals surface area contributed by atoms with Crippen LogP contribution in [0.2, 0.25) is 0 Å². The van der Waals surface area contributed by atoms with E-state index < -0.39 is 0 Å². The van der Waals surface area contributed by atoms with E-state index in [1.165, 1.54) is 11.1 Å². The lowest BCUT2D eigenvalue weighted by atomic mass is 9.91. The second-order valence-corrected chi connectivity index (χ2v) is 8.48. The Morgan fingerprint density at radius 2 is 2.00 bits per heavy atom. The van der Waals surface area contributed by atoms with Crippen LogP contribution in [0.1, 0.15) is 33.2 Å². The summed E-state index contributed by atoms with van der Waals surface area (Å²) in [6, 6.07) is 16.9. The van der Waals surface area contributed by atoms with E-state index in [-0.39, 0.29) is 5.91 Å². The summed E-state index contributed by atoms with van der Waals surface area (Å²) < 4.78 is 0. The molecule has 0 spiro atoms. The molecule has 1 aromatic heterocycles. The predicted molar refractivity (Wildman–Crippen MR) is 113 cm³/mol. The Bertz CT molecular complexity index is 1030. The topological polar surface area (TPSA) is 36.4 Å². The van der Waals surface area contributed by atoms with Crippen molar-refractivity contribution in [2.24, 2.45) is 0 Å². The molecule has 28 heavy (non-hydrogen) atoms. The average molecular weight is 390 g/mol. The van der Waals surface area contributed by atoms with Crippen LogP contribution in [0.15, 0.2) is 53.9 Å². The molecule has 2 aliphatic rings. The average Bonchev–Trinajstić information content (AvgIpc) is 3.19. The van der Waals surface area contributed by atoms with E-state index in [1.807, 2.05) is 41.5 Å². The Hall–Kier alpha value is -2.50. The van der Waals surface area contributed by atoms with Crippen LogP contribution in [-0.2, 0) is 6.42 Å². The van der Waals surface area contributed by atoms with Crippen LogP contribution >= 0.6 is 11.3 Å². The molecule has 3 aromatic rings. The number of carbonyl (C=O) groups excluding carboxylic acids is 1. The Morgan fingerprint density at radius 1 is 1.11 bits per heavy atom. The first-order valence-corrected chi connectivity index (χ1v) is 10.7. The summed E-state index contributed by atoms with van der Waals surface area (Å²) in [4.78, 5) is 22.4. The van der Waals surface area contributed by atoms with E-state index >= 15 is 0 Å². The van der Waals surface area contributed by atoms with E-state index in [9.17, 15) is 4.79 Å². The first kappa shape index (κ1) is 17.6. The minimum atomic E-state index is 0.123. The zero-order valence-corrected chi connectivity index (χ0v) is 16.8. The van der Waals surface area contributed by atoms with Gasteiger partial charge in [0.15, 0.2) is 0 Å². The highest BCUT2D eigenvalue weighted by molar-refractivity contribution is 7.13. The molecule has 1 atom stereocenters. The van der Waals surface area contributed by atoms with Crippen LogP contribution in [-0.4, -0.2) is 46.9 Å². The van der Waals surface area contributed by atoms with Gasteiger partial charge >= 0.3 is 0 Å². The largest absolute Gasteiger partial charge is 0.335 e. The van der Waals surface area contributed by atoms with Gasteiger partial charge in [-0.2, -0.15) is 0 Å². The summed E-state index contributed by atoms with van der Waals surface area (Å²) in [7, 11) is 0. The molecule has 0 saturated carbocycles. The zero-order valence-electron chi connectivity index (χ0n) is 16.0. The molecule has 5 heteroatoms. The van der Waals surface area contributed by atoms with Crippen LogP contribution in [0.4, 0.5) is 0 Å². The summed E-state index contributed by atoms with van der Waals surface area (Å²) in [5, 5.41) is 3.02. The van der Waals surface area contributed by atoms with Crippen LogP contribution < -0.4 is 0 Å². The second kappa shape index (κ2) is 7.15. The summed E-state index contributed by atoms with van der Waals surface area (Å²) in [5.41, 5.74) is 5.61.